The van der Waals surface area contributed by atoms with Crippen LogP contribution in [0.5, 0.6) is 5.75 Å². The normalized spacial score (nSPS) is 15.4. The highest BCUT2D eigenvalue weighted by Crippen LogP contribution is 2.28. The van der Waals surface area contributed by atoms with Crippen LogP contribution in [-0.4, -0.2) is 41.2 Å². The molecule has 3 amide bonds. The van der Waals surface area contributed by atoms with Crippen LogP contribution in [0.3, 0.4) is 0 Å². The maximum absolute atomic E-state index is 12.8. The molecule has 1 atom stereocenters. The van der Waals surface area contributed by atoms with Crippen LogP contribution in [0.2, 0.25) is 0 Å². The molecule has 2 heterocycles. The molecular formula is C26H29N5O4. The van der Waals surface area contributed by atoms with Gasteiger partial charge in [-0.05, 0) is 47.9 Å². The van der Waals surface area contributed by atoms with E-state index in [-0.39, 0.29) is 30.7 Å². The van der Waals surface area contributed by atoms with Gasteiger partial charge in [-0.3, -0.25) is 19.1 Å². The van der Waals surface area contributed by atoms with Crippen LogP contribution in [0.4, 0.5) is 17.1 Å². The largest absolute Gasteiger partial charge is 0.497 e. The highest BCUT2D eigenvalue weighted by molar-refractivity contribution is 6.03. The van der Waals surface area contributed by atoms with Crippen molar-refractivity contribution in [3.8, 4) is 5.75 Å². The van der Waals surface area contributed by atoms with Gasteiger partial charge in [0.05, 0.1) is 24.9 Å². The predicted octanol–water partition coefficient (Wildman–Crippen LogP) is 3.65. The molecule has 0 radical (unpaired) electrons. The summed E-state index contributed by atoms with van der Waals surface area (Å²) >= 11 is 0. The Hall–Kier alpha value is -4.14. The van der Waals surface area contributed by atoms with E-state index in [9.17, 15) is 14.4 Å². The zero-order chi connectivity index (χ0) is 24.9. The number of rotatable bonds is 8. The molecule has 1 fully saturated rings. The predicted molar refractivity (Wildman–Crippen MR) is 133 cm³/mol. The zero-order valence-electron chi connectivity index (χ0n) is 20.0. The third-order valence-electron chi connectivity index (χ3n) is 5.92. The van der Waals surface area contributed by atoms with Gasteiger partial charge in [-0.2, -0.15) is 5.10 Å². The SMILES string of the molecule is COc1ccc(NC(=O)Cn2cc(NC(=O)C3CC(=O)N(c4cccc(C(C)C)c4)C3)cn2)cc1. The second-order valence-corrected chi connectivity index (χ2v) is 8.85. The van der Waals surface area contributed by atoms with Gasteiger partial charge in [0.1, 0.15) is 12.3 Å². The van der Waals surface area contributed by atoms with Crippen molar-refractivity contribution in [1.29, 1.82) is 0 Å². The van der Waals surface area contributed by atoms with Gasteiger partial charge in [0, 0.05) is 30.5 Å². The minimum absolute atomic E-state index is 0.0101. The van der Waals surface area contributed by atoms with Gasteiger partial charge in [0.25, 0.3) is 0 Å². The monoisotopic (exact) mass is 475 g/mol. The number of nitrogens with one attached hydrogen (secondary N) is 2. The Balaban J connectivity index is 1.32. The first-order valence-electron chi connectivity index (χ1n) is 11.5. The van der Waals surface area contributed by atoms with E-state index >= 15 is 0 Å². The van der Waals surface area contributed by atoms with Gasteiger partial charge in [0.2, 0.25) is 17.7 Å². The number of benzene rings is 2. The van der Waals surface area contributed by atoms with E-state index in [2.05, 4.69) is 29.6 Å². The second-order valence-electron chi connectivity index (χ2n) is 8.85. The van der Waals surface area contributed by atoms with Crippen LogP contribution in [-0.2, 0) is 20.9 Å². The summed E-state index contributed by atoms with van der Waals surface area (Å²) in [7, 11) is 1.58. The first kappa shape index (κ1) is 24.0. The Morgan fingerprint density at radius 3 is 2.60 bits per heavy atom. The standard InChI is InChI=1S/C26H29N5O4/c1-17(2)18-5-4-6-22(11-18)31-14-19(12-25(31)33)26(34)29-21-13-27-30(15-21)16-24(32)28-20-7-9-23(35-3)10-8-20/h4-11,13,15,17,19H,12,14,16H2,1-3H3,(H,28,32)(H,29,34). The Morgan fingerprint density at radius 2 is 1.89 bits per heavy atom. The average molecular weight is 476 g/mol. The van der Waals surface area contributed by atoms with Gasteiger partial charge < -0.3 is 20.3 Å². The number of amides is 3. The summed E-state index contributed by atoms with van der Waals surface area (Å²) in [6.45, 7) is 4.52. The fourth-order valence-electron chi connectivity index (χ4n) is 3.97. The van der Waals surface area contributed by atoms with E-state index < -0.39 is 5.92 Å². The van der Waals surface area contributed by atoms with Crippen molar-refractivity contribution in [3.63, 3.8) is 0 Å². The molecule has 1 aliphatic heterocycles. The lowest BCUT2D eigenvalue weighted by Gasteiger charge is -2.18. The molecule has 0 bridgehead atoms. The number of methoxy groups -OCH3 is 1. The molecule has 35 heavy (non-hydrogen) atoms. The zero-order valence-corrected chi connectivity index (χ0v) is 20.0. The Bertz CT molecular complexity index is 1220. The summed E-state index contributed by atoms with van der Waals surface area (Å²) in [4.78, 5) is 39.4. The number of hydrogen-bond donors (Lipinski definition) is 2. The van der Waals surface area contributed by atoms with Gasteiger partial charge in [-0.15, -0.1) is 0 Å². The molecule has 2 aromatic carbocycles. The van der Waals surface area contributed by atoms with Crippen molar-refractivity contribution in [1.82, 2.24) is 9.78 Å². The van der Waals surface area contributed by atoms with E-state index in [1.165, 1.54) is 10.9 Å². The molecule has 9 heteroatoms. The lowest BCUT2D eigenvalue weighted by atomic mass is 10.0. The maximum atomic E-state index is 12.8. The van der Waals surface area contributed by atoms with E-state index in [1.54, 1.807) is 42.5 Å². The third-order valence-corrected chi connectivity index (χ3v) is 5.92. The maximum Gasteiger partial charge on any atom is 0.246 e. The summed E-state index contributed by atoms with van der Waals surface area (Å²) in [6.07, 6.45) is 3.22. The Morgan fingerprint density at radius 1 is 1.11 bits per heavy atom. The van der Waals surface area contributed by atoms with Crippen molar-refractivity contribution < 1.29 is 19.1 Å². The fourth-order valence-corrected chi connectivity index (χ4v) is 3.97. The molecule has 9 nitrogen and oxygen atoms in total. The molecule has 3 aromatic rings. The second kappa shape index (κ2) is 10.4. The number of anilines is 3. The molecule has 1 unspecified atom stereocenters. The van der Waals surface area contributed by atoms with Gasteiger partial charge in [-0.25, -0.2) is 0 Å². The lowest BCUT2D eigenvalue weighted by Crippen LogP contribution is -2.28. The van der Waals surface area contributed by atoms with Crippen molar-refractivity contribution in [2.45, 2.75) is 32.7 Å². The lowest BCUT2D eigenvalue weighted by molar-refractivity contribution is -0.122. The van der Waals surface area contributed by atoms with Crippen LogP contribution in [0.1, 0.15) is 31.7 Å². The summed E-state index contributed by atoms with van der Waals surface area (Å²) in [5.41, 5.74) is 3.07. The smallest absolute Gasteiger partial charge is 0.246 e. The first-order chi connectivity index (χ1) is 16.8. The fraction of sp³-hybridized carbons (Fsp3) is 0.308. The van der Waals surface area contributed by atoms with Crippen molar-refractivity contribution in [2.24, 2.45) is 5.92 Å². The van der Waals surface area contributed by atoms with Crippen molar-refractivity contribution >= 4 is 34.8 Å². The third kappa shape index (κ3) is 5.87. The van der Waals surface area contributed by atoms with Gasteiger partial charge >= 0.3 is 0 Å². The van der Waals surface area contributed by atoms with Crippen LogP contribution in [0.25, 0.3) is 0 Å². The van der Waals surface area contributed by atoms with Crippen molar-refractivity contribution in [3.05, 3.63) is 66.5 Å². The van der Waals surface area contributed by atoms with Gasteiger partial charge in [0.15, 0.2) is 0 Å². The summed E-state index contributed by atoms with van der Waals surface area (Å²) in [5.74, 6) is 0.0111. The van der Waals surface area contributed by atoms with E-state index in [0.29, 0.717) is 29.6 Å². The molecule has 4 rings (SSSR count). The molecule has 1 saturated heterocycles. The van der Waals surface area contributed by atoms with Crippen LogP contribution < -0.4 is 20.3 Å². The topological polar surface area (TPSA) is 106 Å². The average Bonchev–Trinajstić information content (AvgIpc) is 3.45. The Labute approximate surface area is 204 Å². The minimum Gasteiger partial charge on any atom is -0.497 e. The quantitative estimate of drug-likeness (QED) is 0.517. The number of ether oxygens (including phenoxy) is 1. The van der Waals surface area contributed by atoms with Crippen molar-refractivity contribution in [2.75, 3.05) is 29.2 Å². The first-order valence-corrected chi connectivity index (χ1v) is 11.5. The van der Waals surface area contributed by atoms with Crippen LogP contribution in [0.15, 0.2) is 60.9 Å². The highest BCUT2D eigenvalue weighted by atomic mass is 16.5. The van der Waals surface area contributed by atoms with Gasteiger partial charge in [-0.1, -0.05) is 26.0 Å². The molecule has 1 aliphatic rings. The number of carbonyl (C=O) groups is 3. The number of aromatic nitrogens is 2. The summed E-state index contributed by atoms with van der Waals surface area (Å²) in [5, 5.41) is 9.75. The molecule has 1 aromatic heterocycles. The summed E-state index contributed by atoms with van der Waals surface area (Å²) in [6, 6.07) is 14.9. The minimum atomic E-state index is -0.466. The molecule has 0 saturated carbocycles. The molecule has 182 valence electrons. The molecule has 2 N–H and O–H groups in total. The van der Waals surface area contributed by atoms with E-state index in [1.807, 2.05) is 24.3 Å². The highest BCUT2D eigenvalue weighted by Gasteiger charge is 2.35. The van der Waals surface area contributed by atoms with Crippen LogP contribution >= 0.6 is 0 Å². The van der Waals surface area contributed by atoms with E-state index in [4.69, 9.17) is 4.74 Å². The van der Waals surface area contributed by atoms with E-state index in [0.717, 1.165) is 11.3 Å². The van der Waals surface area contributed by atoms with Crippen LogP contribution in [0, 0.1) is 5.92 Å². The number of hydrogen-bond acceptors (Lipinski definition) is 5. The number of nitrogens with zero attached hydrogens (tertiary/aromatic N) is 3. The molecular weight excluding hydrogens is 446 g/mol. The summed E-state index contributed by atoms with van der Waals surface area (Å²) < 4.78 is 6.55. The number of carbonyl (C=O) groups excluding carboxylic acids is 3. The Kier molecular flexibility index (Phi) is 7.14. The molecule has 0 spiro atoms. The molecule has 0 aliphatic carbocycles.